The number of aromatic nitrogens is 3. The maximum atomic E-state index is 12.9. The second kappa shape index (κ2) is 5.72. The highest BCUT2D eigenvalue weighted by molar-refractivity contribution is 5.94. The summed E-state index contributed by atoms with van der Waals surface area (Å²) >= 11 is 0. The Balaban J connectivity index is 1.66. The van der Waals surface area contributed by atoms with Gasteiger partial charge in [-0.3, -0.25) is 14.7 Å². The first kappa shape index (κ1) is 16.4. The Morgan fingerprint density at radius 3 is 2.81 bits per heavy atom. The lowest BCUT2D eigenvalue weighted by Gasteiger charge is -2.28. The second-order valence-corrected chi connectivity index (χ2v) is 6.05. The van der Waals surface area contributed by atoms with Gasteiger partial charge in [0.1, 0.15) is 0 Å². The summed E-state index contributed by atoms with van der Waals surface area (Å²) in [6.07, 6.45) is -2.63. The molecule has 3 heterocycles. The Hall–Kier alpha value is -3.10. The summed E-state index contributed by atoms with van der Waals surface area (Å²) in [4.78, 5) is 30.8. The van der Waals surface area contributed by atoms with Crippen molar-refractivity contribution in [1.29, 1.82) is 0 Å². The summed E-state index contributed by atoms with van der Waals surface area (Å²) < 4.78 is 39.9. The van der Waals surface area contributed by atoms with Gasteiger partial charge in [0.05, 0.1) is 17.8 Å². The molecule has 9 heteroatoms. The number of hydrogen-bond donors (Lipinski definition) is 1. The Morgan fingerprint density at radius 1 is 1.23 bits per heavy atom. The molecule has 0 unspecified atom stereocenters. The fourth-order valence-corrected chi connectivity index (χ4v) is 3.11. The summed E-state index contributed by atoms with van der Waals surface area (Å²) in [6, 6.07) is 5.96. The van der Waals surface area contributed by atoms with Crippen LogP contribution in [0.25, 0.3) is 5.65 Å². The molecule has 2 aromatic heterocycles. The first-order valence-corrected chi connectivity index (χ1v) is 7.89. The van der Waals surface area contributed by atoms with Crippen molar-refractivity contribution >= 4 is 11.6 Å². The number of H-pyrrole nitrogens is 1. The van der Waals surface area contributed by atoms with E-state index in [0.717, 1.165) is 12.1 Å². The number of benzene rings is 1. The van der Waals surface area contributed by atoms with E-state index in [4.69, 9.17) is 0 Å². The van der Waals surface area contributed by atoms with Crippen LogP contribution in [0.15, 0.2) is 41.3 Å². The minimum atomic E-state index is -4.51. The molecule has 0 fully saturated rings. The highest BCUT2D eigenvalue weighted by Gasteiger charge is 2.32. The van der Waals surface area contributed by atoms with Crippen LogP contribution in [0.3, 0.4) is 0 Å². The molecule has 1 N–H and O–H groups in total. The van der Waals surface area contributed by atoms with Gasteiger partial charge in [0, 0.05) is 29.9 Å². The zero-order valence-corrected chi connectivity index (χ0v) is 13.4. The molecule has 1 aliphatic heterocycles. The second-order valence-electron chi connectivity index (χ2n) is 6.05. The van der Waals surface area contributed by atoms with Gasteiger partial charge in [0.2, 0.25) is 0 Å². The van der Waals surface area contributed by atoms with E-state index in [2.05, 4.69) is 10.1 Å². The molecule has 0 spiro atoms. The molecule has 3 aromatic rings. The van der Waals surface area contributed by atoms with Crippen LogP contribution in [0.2, 0.25) is 0 Å². The Bertz CT molecular complexity index is 1070. The number of alkyl halides is 3. The quantitative estimate of drug-likeness (QED) is 0.722. The van der Waals surface area contributed by atoms with Gasteiger partial charge in [-0.25, -0.2) is 9.50 Å². The molecule has 4 rings (SSSR count). The number of aromatic amines is 1. The van der Waals surface area contributed by atoms with Crippen molar-refractivity contribution in [3.05, 3.63) is 69.3 Å². The monoisotopic (exact) mass is 362 g/mol. The maximum absolute atomic E-state index is 12.9. The van der Waals surface area contributed by atoms with Crippen molar-refractivity contribution in [1.82, 2.24) is 19.5 Å². The Kier molecular flexibility index (Phi) is 3.60. The standard InChI is InChI=1S/C17H13F3N4O2/c18-17(19,20)11-3-1-2-10(8-11)15(25)23-7-5-12-13(9-23)22-14-4-6-21-24(14)16(12)26/h1-4,6,8,21H,5,7,9H2. The third kappa shape index (κ3) is 2.65. The van der Waals surface area contributed by atoms with Crippen LogP contribution in [-0.4, -0.2) is 31.9 Å². The van der Waals surface area contributed by atoms with E-state index in [1.165, 1.54) is 21.5 Å². The van der Waals surface area contributed by atoms with E-state index in [0.29, 0.717) is 23.3 Å². The predicted octanol–water partition coefficient (Wildman–Crippen LogP) is 2.24. The smallest absolute Gasteiger partial charge is 0.332 e. The number of nitrogens with one attached hydrogen (secondary N) is 1. The van der Waals surface area contributed by atoms with Crippen molar-refractivity contribution < 1.29 is 18.0 Å². The van der Waals surface area contributed by atoms with Crippen LogP contribution < -0.4 is 5.56 Å². The van der Waals surface area contributed by atoms with Crippen LogP contribution in [-0.2, 0) is 19.1 Å². The lowest BCUT2D eigenvalue weighted by atomic mass is 10.0. The van der Waals surface area contributed by atoms with Crippen LogP contribution in [0.5, 0.6) is 0 Å². The van der Waals surface area contributed by atoms with Crippen molar-refractivity contribution in [2.45, 2.75) is 19.1 Å². The highest BCUT2D eigenvalue weighted by Crippen LogP contribution is 2.30. The Labute approximate surface area is 144 Å². The summed E-state index contributed by atoms with van der Waals surface area (Å²) in [6.45, 7) is 0.326. The number of carbonyl (C=O) groups is 1. The van der Waals surface area contributed by atoms with E-state index >= 15 is 0 Å². The summed E-state index contributed by atoms with van der Waals surface area (Å²) in [5, 5.41) is 2.77. The molecule has 1 amide bonds. The SMILES string of the molecule is O=C(c1cccc(C(F)(F)F)c1)N1CCc2c(nc3cc[nH]n3c2=O)C1. The molecule has 6 nitrogen and oxygen atoms in total. The molecule has 1 aromatic carbocycles. The zero-order valence-electron chi connectivity index (χ0n) is 13.4. The number of hydrogen-bond acceptors (Lipinski definition) is 3. The van der Waals surface area contributed by atoms with Gasteiger partial charge in [-0.15, -0.1) is 0 Å². The van der Waals surface area contributed by atoms with Gasteiger partial charge in [-0.2, -0.15) is 13.2 Å². The molecular weight excluding hydrogens is 349 g/mol. The van der Waals surface area contributed by atoms with Gasteiger partial charge in [0.25, 0.3) is 11.5 Å². The molecule has 1 aliphatic rings. The number of carbonyl (C=O) groups excluding carboxylic acids is 1. The molecule has 0 aliphatic carbocycles. The summed E-state index contributed by atoms with van der Waals surface area (Å²) in [5.74, 6) is -0.516. The van der Waals surface area contributed by atoms with Gasteiger partial charge in [-0.05, 0) is 24.6 Å². The van der Waals surface area contributed by atoms with E-state index in [-0.39, 0.29) is 24.2 Å². The third-order valence-corrected chi connectivity index (χ3v) is 4.42. The van der Waals surface area contributed by atoms with E-state index in [9.17, 15) is 22.8 Å². The molecule has 0 radical (unpaired) electrons. The number of rotatable bonds is 1. The molecule has 0 saturated carbocycles. The first-order valence-electron chi connectivity index (χ1n) is 7.89. The first-order chi connectivity index (χ1) is 12.3. The molecule has 0 atom stereocenters. The van der Waals surface area contributed by atoms with Crippen LogP contribution in [0.4, 0.5) is 13.2 Å². The topological polar surface area (TPSA) is 70.5 Å². The van der Waals surface area contributed by atoms with Gasteiger partial charge in [-0.1, -0.05) is 6.07 Å². The van der Waals surface area contributed by atoms with Crippen LogP contribution >= 0.6 is 0 Å². The lowest BCUT2D eigenvalue weighted by molar-refractivity contribution is -0.137. The van der Waals surface area contributed by atoms with Crippen molar-refractivity contribution in [3.8, 4) is 0 Å². The third-order valence-electron chi connectivity index (χ3n) is 4.42. The number of amides is 1. The Morgan fingerprint density at radius 2 is 2.04 bits per heavy atom. The lowest BCUT2D eigenvalue weighted by Crippen LogP contribution is -2.39. The molecule has 26 heavy (non-hydrogen) atoms. The summed E-state index contributed by atoms with van der Waals surface area (Å²) in [5.41, 5.74) is 0.288. The average molecular weight is 362 g/mol. The highest BCUT2D eigenvalue weighted by atomic mass is 19.4. The maximum Gasteiger partial charge on any atom is 0.416 e. The van der Waals surface area contributed by atoms with Crippen LogP contribution in [0, 0.1) is 0 Å². The molecule has 0 saturated heterocycles. The molecular formula is C17H13F3N4O2. The van der Waals surface area contributed by atoms with Crippen molar-refractivity contribution in [2.75, 3.05) is 6.54 Å². The van der Waals surface area contributed by atoms with E-state index in [1.807, 2.05) is 0 Å². The zero-order chi connectivity index (χ0) is 18.5. The number of halogens is 3. The molecule has 0 bridgehead atoms. The van der Waals surface area contributed by atoms with E-state index < -0.39 is 17.6 Å². The van der Waals surface area contributed by atoms with E-state index in [1.54, 1.807) is 12.3 Å². The molecule has 134 valence electrons. The van der Waals surface area contributed by atoms with Gasteiger partial charge >= 0.3 is 6.18 Å². The van der Waals surface area contributed by atoms with Gasteiger partial charge in [0.15, 0.2) is 5.65 Å². The largest absolute Gasteiger partial charge is 0.416 e. The fraction of sp³-hybridized carbons (Fsp3) is 0.235. The summed E-state index contributed by atoms with van der Waals surface area (Å²) in [7, 11) is 0. The van der Waals surface area contributed by atoms with Crippen molar-refractivity contribution in [3.63, 3.8) is 0 Å². The average Bonchev–Trinajstić information content (AvgIpc) is 3.09. The minimum Gasteiger partial charge on any atom is -0.332 e. The van der Waals surface area contributed by atoms with Crippen molar-refractivity contribution in [2.24, 2.45) is 0 Å². The fourth-order valence-electron chi connectivity index (χ4n) is 3.11. The number of fused-ring (bicyclic) bond motifs is 2. The van der Waals surface area contributed by atoms with Gasteiger partial charge < -0.3 is 4.90 Å². The van der Waals surface area contributed by atoms with Crippen LogP contribution in [0.1, 0.15) is 27.2 Å². The number of nitrogens with zero attached hydrogens (tertiary/aromatic N) is 3. The normalized spacial score (nSPS) is 14.5. The minimum absolute atomic E-state index is 0.0391. The predicted molar refractivity (Wildman–Crippen MR) is 85.7 cm³/mol.